The lowest BCUT2D eigenvalue weighted by molar-refractivity contribution is 0.408. The Bertz CT molecular complexity index is 243. The van der Waals surface area contributed by atoms with Crippen molar-refractivity contribution >= 4 is 0 Å². The summed E-state index contributed by atoms with van der Waals surface area (Å²) in [5.74, 6) is 1.76. The van der Waals surface area contributed by atoms with E-state index in [1.807, 2.05) is 6.07 Å². The lowest BCUT2D eigenvalue weighted by Gasteiger charge is -2.17. The van der Waals surface area contributed by atoms with Crippen molar-refractivity contribution < 1.29 is 4.42 Å². The molecule has 0 aromatic carbocycles. The van der Waals surface area contributed by atoms with Crippen LogP contribution in [0.2, 0.25) is 0 Å². The third-order valence-electron chi connectivity index (χ3n) is 2.89. The highest BCUT2D eigenvalue weighted by Gasteiger charge is 2.29. The standard InChI is InChI=1S/C11H17NO/c1-2-12-10-6-3-5-9(10)11-7-4-8-13-11/h4,7-10,12H,2-3,5-6H2,1H3. The van der Waals surface area contributed by atoms with Crippen LogP contribution in [0.15, 0.2) is 22.8 Å². The van der Waals surface area contributed by atoms with Crippen molar-refractivity contribution in [1.29, 1.82) is 0 Å². The van der Waals surface area contributed by atoms with Gasteiger partial charge in [0.1, 0.15) is 5.76 Å². The first-order valence-corrected chi connectivity index (χ1v) is 5.18. The lowest BCUT2D eigenvalue weighted by Crippen LogP contribution is -2.30. The van der Waals surface area contributed by atoms with Crippen LogP contribution in [0.5, 0.6) is 0 Å². The van der Waals surface area contributed by atoms with Crippen LogP contribution in [0.3, 0.4) is 0 Å². The zero-order valence-corrected chi connectivity index (χ0v) is 8.12. The molecule has 72 valence electrons. The van der Waals surface area contributed by atoms with Crippen molar-refractivity contribution in [3.8, 4) is 0 Å². The predicted molar refractivity (Wildman–Crippen MR) is 52.8 cm³/mol. The zero-order chi connectivity index (χ0) is 9.10. The van der Waals surface area contributed by atoms with Crippen molar-refractivity contribution in [2.24, 2.45) is 0 Å². The second-order valence-electron chi connectivity index (χ2n) is 3.72. The monoisotopic (exact) mass is 179 g/mol. The molecule has 13 heavy (non-hydrogen) atoms. The van der Waals surface area contributed by atoms with Crippen LogP contribution in [0.25, 0.3) is 0 Å². The lowest BCUT2D eigenvalue weighted by atomic mass is 10.0. The first kappa shape index (κ1) is 8.82. The summed E-state index contributed by atoms with van der Waals surface area (Å²) in [5.41, 5.74) is 0. The van der Waals surface area contributed by atoms with Gasteiger partial charge < -0.3 is 9.73 Å². The highest BCUT2D eigenvalue weighted by atomic mass is 16.3. The van der Waals surface area contributed by atoms with E-state index in [4.69, 9.17) is 4.42 Å². The van der Waals surface area contributed by atoms with Gasteiger partial charge in [-0.15, -0.1) is 0 Å². The van der Waals surface area contributed by atoms with Crippen molar-refractivity contribution in [2.45, 2.75) is 38.1 Å². The molecule has 1 aliphatic rings. The van der Waals surface area contributed by atoms with E-state index < -0.39 is 0 Å². The van der Waals surface area contributed by atoms with E-state index in [2.05, 4.69) is 18.3 Å². The van der Waals surface area contributed by atoms with Crippen molar-refractivity contribution in [1.82, 2.24) is 5.32 Å². The van der Waals surface area contributed by atoms with Crippen LogP contribution < -0.4 is 5.32 Å². The summed E-state index contributed by atoms with van der Waals surface area (Å²) < 4.78 is 5.45. The molecule has 0 amide bonds. The molecule has 2 unspecified atom stereocenters. The fourth-order valence-corrected chi connectivity index (χ4v) is 2.31. The molecule has 0 bridgehead atoms. The van der Waals surface area contributed by atoms with E-state index in [9.17, 15) is 0 Å². The predicted octanol–water partition coefficient (Wildman–Crippen LogP) is 2.53. The first-order valence-electron chi connectivity index (χ1n) is 5.18. The topological polar surface area (TPSA) is 25.2 Å². The number of nitrogens with one attached hydrogen (secondary N) is 1. The van der Waals surface area contributed by atoms with Gasteiger partial charge in [0.25, 0.3) is 0 Å². The maximum atomic E-state index is 5.45. The Kier molecular flexibility index (Phi) is 2.69. The number of furan rings is 1. The van der Waals surface area contributed by atoms with Gasteiger partial charge in [0.05, 0.1) is 6.26 Å². The quantitative estimate of drug-likeness (QED) is 0.771. The zero-order valence-electron chi connectivity index (χ0n) is 8.12. The number of likely N-dealkylation sites (N-methyl/N-ethyl adjacent to an activating group) is 1. The van der Waals surface area contributed by atoms with E-state index in [0.29, 0.717) is 12.0 Å². The van der Waals surface area contributed by atoms with Crippen LogP contribution in [0.4, 0.5) is 0 Å². The fourth-order valence-electron chi connectivity index (χ4n) is 2.31. The van der Waals surface area contributed by atoms with Gasteiger partial charge in [-0.05, 0) is 31.5 Å². The average molecular weight is 179 g/mol. The largest absolute Gasteiger partial charge is 0.469 e. The minimum absolute atomic E-state index is 0.606. The van der Waals surface area contributed by atoms with Gasteiger partial charge in [-0.2, -0.15) is 0 Å². The Morgan fingerprint density at radius 3 is 3.15 bits per heavy atom. The molecule has 0 radical (unpaired) electrons. The van der Waals surface area contributed by atoms with Gasteiger partial charge in [0, 0.05) is 12.0 Å². The third-order valence-corrected chi connectivity index (χ3v) is 2.89. The molecule has 1 aromatic rings. The van der Waals surface area contributed by atoms with Crippen LogP contribution in [-0.4, -0.2) is 12.6 Å². The second-order valence-corrected chi connectivity index (χ2v) is 3.72. The molecular formula is C11H17NO. The molecule has 1 N–H and O–H groups in total. The SMILES string of the molecule is CCNC1CCCC1c1ccco1. The van der Waals surface area contributed by atoms with Crippen molar-refractivity contribution in [3.63, 3.8) is 0 Å². The maximum Gasteiger partial charge on any atom is 0.108 e. The summed E-state index contributed by atoms with van der Waals surface area (Å²) >= 11 is 0. The van der Waals surface area contributed by atoms with Crippen LogP contribution in [-0.2, 0) is 0 Å². The van der Waals surface area contributed by atoms with Gasteiger partial charge in [0.2, 0.25) is 0 Å². The van der Waals surface area contributed by atoms with E-state index in [1.54, 1.807) is 6.26 Å². The van der Waals surface area contributed by atoms with Crippen LogP contribution in [0.1, 0.15) is 37.9 Å². The van der Waals surface area contributed by atoms with Crippen LogP contribution in [0, 0.1) is 0 Å². The second kappa shape index (κ2) is 3.97. The highest BCUT2D eigenvalue weighted by Crippen LogP contribution is 2.34. The van der Waals surface area contributed by atoms with Gasteiger partial charge >= 0.3 is 0 Å². The molecule has 1 fully saturated rings. The first-order chi connectivity index (χ1) is 6.42. The van der Waals surface area contributed by atoms with Gasteiger partial charge in [-0.1, -0.05) is 13.3 Å². The Morgan fingerprint density at radius 1 is 1.54 bits per heavy atom. The molecule has 0 spiro atoms. The third kappa shape index (κ3) is 1.78. The molecule has 1 aliphatic carbocycles. The maximum absolute atomic E-state index is 5.45. The summed E-state index contributed by atoms with van der Waals surface area (Å²) in [6, 6.07) is 4.72. The summed E-state index contributed by atoms with van der Waals surface area (Å²) in [5, 5.41) is 3.52. The molecule has 2 heteroatoms. The van der Waals surface area contributed by atoms with E-state index in [1.165, 1.54) is 19.3 Å². The number of hydrogen-bond donors (Lipinski definition) is 1. The molecule has 1 saturated carbocycles. The van der Waals surface area contributed by atoms with Gasteiger partial charge in [-0.3, -0.25) is 0 Å². The van der Waals surface area contributed by atoms with Gasteiger partial charge in [-0.25, -0.2) is 0 Å². The molecule has 0 aliphatic heterocycles. The van der Waals surface area contributed by atoms with Crippen LogP contribution >= 0.6 is 0 Å². The Morgan fingerprint density at radius 2 is 2.46 bits per heavy atom. The summed E-state index contributed by atoms with van der Waals surface area (Å²) in [6.07, 6.45) is 5.66. The molecule has 1 aromatic heterocycles. The molecule has 2 atom stereocenters. The Balaban J connectivity index is 2.05. The minimum Gasteiger partial charge on any atom is -0.469 e. The number of rotatable bonds is 3. The number of hydrogen-bond acceptors (Lipinski definition) is 2. The highest BCUT2D eigenvalue weighted by molar-refractivity contribution is 5.10. The van der Waals surface area contributed by atoms with Gasteiger partial charge in [0.15, 0.2) is 0 Å². The Hall–Kier alpha value is -0.760. The summed E-state index contributed by atoms with van der Waals surface area (Å²) in [4.78, 5) is 0. The normalized spacial score (nSPS) is 28.1. The van der Waals surface area contributed by atoms with Crippen molar-refractivity contribution in [3.05, 3.63) is 24.2 Å². The molecule has 1 heterocycles. The molecule has 2 nitrogen and oxygen atoms in total. The van der Waals surface area contributed by atoms with E-state index in [-0.39, 0.29) is 0 Å². The smallest absolute Gasteiger partial charge is 0.108 e. The average Bonchev–Trinajstić information content (AvgIpc) is 2.71. The minimum atomic E-state index is 0.606. The molecule has 0 saturated heterocycles. The Labute approximate surface area is 79.3 Å². The van der Waals surface area contributed by atoms with Crippen molar-refractivity contribution in [2.75, 3.05) is 6.54 Å². The molecular weight excluding hydrogens is 162 g/mol. The fraction of sp³-hybridized carbons (Fsp3) is 0.636. The summed E-state index contributed by atoms with van der Waals surface area (Å²) in [6.45, 7) is 3.22. The summed E-state index contributed by atoms with van der Waals surface area (Å²) in [7, 11) is 0. The van der Waals surface area contributed by atoms with E-state index in [0.717, 1.165) is 12.3 Å². The van der Waals surface area contributed by atoms with E-state index >= 15 is 0 Å². The molecule has 2 rings (SSSR count).